The molecular weight excluding hydrogens is 196 g/mol. The maximum absolute atomic E-state index is 5.66. The summed E-state index contributed by atoms with van der Waals surface area (Å²) in [7, 11) is 0. The number of hydrogen-bond acceptors (Lipinski definition) is 2. The molecule has 0 saturated heterocycles. The van der Waals surface area contributed by atoms with E-state index in [1.807, 2.05) is 12.1 Å². The van der Waals surface area contributed by atoms with Gasteiger partial charge in [0.25, 0.3) is 0 Å². The standard InChI is InChI=1S/C14H22N2/c1-13(2)12(14(13,3)4)16-9-10-5-7-11(15)8-6-10/h5-8,12,16H,9,15H2,1-4H3. The lowest BCUT2D eigenvalue weighted by Gasteiger charge is -2.06. The van der Waals surface area contributed by atoms with E-state index in [4.69, 9.17) is 5.73 Å². The molecular formula is C14H22N2. The molecule has 16 heavy (non-hydrogen) atoms. The normalized spacial score (nSPS) is 22.0. The predicted octanol–water partition coefficient (Wildman–Crippen LogP) is 2.79. The van der Waals surface area contributed by atoms with Crippen LogP contribution in [-0.4, -0.2) is 6.04 Å². The molecule has 1 aliphatic rings. The Hall–Kier alpha value is -1.02. The van der Waals surface area contributed by atoms with E-state index in [1.165, 1.54) is 5.56 Å². The third kappa shape index (κ3) is 1.71. The van der Waals surface area contributed by atoms with Crippen molar-refractivity contribution in [1.29, 1.82) is 0 Å². The molecule has 0 aliphatic heterocycles. The van der Waals surface area contributed by atoms with Gasteiger partial charge in [0, 0.05) is 18.3 Å². The molecule has 0 atom stereocenters. The van der Waals surface area contributed by atoms with Crippen LogP contribution < -0.4 is 11.1 Å². The zero-order valence-electron chi connectivity index (χ0n) is 10.7. The first-order chi connectivity index (χ1) is 7.35. The van der Waals surface area contributed by atoms with E-state index in [0.717, 1.165) is 12.2 Å². The van der Waals surface area contributed by atoms with Crippen LogP contribution in [0.3, 0.4) is 0 Å². The first-order valence-electron chi connectivity index (χ1n) is 5.93. The van der Waals surface area contributed by atoms with Crippen LogP contribution in [-0.2, 0) is 6.54 Å². The molecule has 1 aromatic rings. The van der Waals surface area contributed by atoms with Gasteiger partial charge in [-0.05, 0) is 28.5 Å². The highest BCUT2D eigenvalue weighted by Crippen LogP contribution is 2.62. The molecule has 0 unspecified atom stereocenters. The third-order valence-corrected chi connectivity index (χ3v) is 4.51. The molecule has 2 rings (SSSR count). The monoisotopic (exact) mass is 218 g/mol. The summed E-state index contributed by atoms with van der Waals surface area (Å²) < 4.78 is 0. The van der Waals surface area contributed by atoms with Gasteiger partial charge in [0.05, 0.1) is 0 Å². The molecule has 1 saturated carbocycles. The highest BCUT2D eigenvalue weighted by atomic mass is 15.0. The minimum atomic E-state index is 0.404. The van der Waals surface area contributed by atoms with Crippen LogP contribution in [0.1, 0.15) is 33.3 Å². The number of rotatable bonds is 3. The van der Waals surface area contributed by atoms with Crippen molar-refractivity contribution in [2.75, 3.05) is 5.73 Å². The Morgan fingerprint density at radius 2 is 1.56 bits per heavy atom. The Morgan fingerprint density at radius 3 is 2.00 bits per heavy atom. The number of benzene rings is 1. The zero-order chi connectivity index (χ0) is 12.0. The molecule has 0 heterocycles. The summed E-state index contributed by atoms with van der Waals surface area (Å²) in [6.45, 7) is 10.2. The summed E-state index contributed by atoms with van der Waals surface area (Å²) in [5.74, 6) is 0. The van der Waals surface area contributed by atoms with Gasteiger partial charge in [-0.15, -0.1) is 0 Å². The second kappa shape index (κ2) is 3.49. The van der Waals surface area contributed by atoms with Crippen LogP contribution in [0.25, 0.3) is 0 Å². The quantitative estimate of drug-likeness (QED) is 0.766. The summed E-state index contributed by atoms with van der Waals surface area (Å²) in [5.41, 5.74) is 8.60. The summed E-state index contributed by atoms with van der Waals surface area (Å²) in [4.78, 5) is 0. The van der Waals surface area contributed by atoms with Gasteiger partial charge >= 0.3 is 0 Å². The van der Waals surface area contributed by atoms with Crippen molar-refractivity contribution in [3.8, 4) is 0 Å². The van der Waals surface area contributed by atoms with Gasteiger partial charge in [0.2, 0.25) is 0 Å². The molecule has 88 valence electrons. The number of nitrogens with one attached hydrogen (secondary N) is 1. The van der Waals surface area contributed by atoms with Gasteiger partial charge in [0.15, 0.2) is 0 Å². The average molecular weight is 218 g/mol. The molecule has 3 N–H and O–H groups in total. The van der Waals surface area contributed by atoms with Gasteiger partial charge in [-0.1, -0.05) is 39.8 Å². The number of nitrogens with two attached hydrogens (primary N) is 1. The SMILES string of the molecule is CC1(C)C(NCc2ccc(N)cc2)C1(C)C. The fourth-order valence-corrected chi connectivity index (χ4v) is 2.56. The lowest BCUT2D eigenvalue weighted by Crippen LogP contribution is -2.21. The summed E-state index contributed by atoms with van der Waals surface area (Å²) in [6, 6.07) is 8.70. The topological polar surface area (TPSA) is 38.0 Å². The predicted molar refractivity (Wildman–Crippen MR) is 69.0 cm³/mol. The van der Waals surface area contributed by atoms with Crippen molar-refractivity contribution in [2.24, 2.45) is 10.8 Å². The van der Waals surface area contributed by atoms with Gasteiger partial charge in [-0.2, -0.15) is 0 Å². The summed E-state index contributed by atoms with van der Waals surface area (Å²) in [6.07, 6.45) is 0. The zero-order valence-corrected chi connectivity index (χ0v) is 10.7. The van der Waals surface area contributed by atoms with Crippen LogP contribution in [0.15, 0.2) is 24.3 Å². The van der Waals surface area contributed by atoms with E-state index >= 15 is 0 Å². The maximum atomic E-state index is 5.66. The van der Waals surface area contributed by atoms with Crippen molar-refractivity contribution in [1.82, 2.24) is 5.32 Å². The first kappa shape index (κ1) is 11.5. The second-order valence-corrected chi connectivity index (χ2v) is 6.00. The lowest BCUT2D eigenvalue weighted by molar-refractivity contribution is 0.457. The Kier molecular flexibility index (Phi) is 2.50. The lowest BCUT2D eigenvalue weighted by atomic mass is 10.0. The van der Waals surface area contributed by atoms with Crippen molar-refractivity contribution < 1.29 is 0 Å². The highest BCUT2D eigenvalue weighted by molar-refractivity contribution is 5.39. The molecule has 0 radical (unpaired) electrons. The molecule has 1 fully saturated rings. The number of nitrogen functional groups attached to an aromatic ring is 1. The van der Waals surface area contributed by atoms with Gasteiger partial charge in [-0.25, -0.2) is 0 Å². The Morgan fingerprint density at radius 1 is 1.06 bits per heavy atom. The van der Waals surface area contributed by atoms with Crippen molar-refractivity contribution in [2.45, 2.75) is 40.3 Å². The van der Waals surface area contributed by atoms with E-state index in [2.05, 4.69) is 45.1 Å². The van der Waals surface area contributed by atoms with Crippen LogP contribution in [0.2, 0.25) is 0 Å². The fraction of sp³-hybridized carbons (Fsp3) is 0.571. The minimum Gasteiger partial charge on any atom is -0.399 e. The van der Waals surface area contributed by atoms with Gasteiger partial charge in [-0.3, -0.25) is 0 Å². The van der Waals surface area contributed by atoms with Crippen LogP contribution >= 0.6 is 0 Å². The molecule has 2 heteroatoms. The fourth-order valence-electron chi connectivity index (χ4n) is 2.56. The van der Waals surface area contributed by atoms with E-state index in [1.54, 1.807) is 0 Å². The number of anilines is 1. The Bertz CT molecular complexity index is 362. The van der Waals surface area contributed by atoms with Gasteiger partial charge in [0.1, 0.15) is 0 Å². The molecule has 1 aromatic carbocycles. The molecule has 0 spiro atoms. The Labute approximate surface area is 98.2 Å². The minimum absolute atomic E-state index is 0.404. The van der Waals surface area contributed by atoms with E-state index in [9.17, 15) is 0 Å². The molecule has 2 nitrogen and oxygen atoms in total. The first-order valence-corrected chi connectivity index (χ1v) is 5.93. The number of hydrogen-bond donors (Lipinski definition) is 2. The van der Waals surface area contributed by atoms with Crippen molar-refractivity contribution >= 4 is 5.69 Å². The van der Waals surface area contributed by atoms with Crippen LogP contribution in [0, 0.1) is 10.8 Å². The van der Waals surface area contributed by atoms with Crippen LogP contribution in [0.5, 0.6) is 0 Å². The van der Waals surface area contributed by atoms with E-state index in [-0.39, 0.29) is 0 Å². The molecule has 1 aliphatic carbocycles. The smallest absolute Gasteiger partial charge is 0.0314 e. The highest BCUT2D eigenvalue weighted by Gasteiger charge is 2.64. The van der Waals surface area contributed by atoms with E-state index in [0.29, 0.717) is 16.9 Å². The second-order valence-electron chi connectivity index (χ2n) is 6.00. The summed E-state index contributed by atoms with van der Waals surface area (Å²) >= 11 is 0. The summed E-state index contributed by atoms with van der Waals surface area (Å²) in [5, 5.41) is 3.63. The van der Waals surface area contributed by atoms with E-state index < -0.39 is 0 Å². The Balaban J connectivity index is 1.93. The van der Waals surface area contributed by atoms with Gasteiger partial charge < -0.3 is 11.1 Å². The van der Waals surface area contributed by atoms with Crippen molar-refractivity contribution in [3.05, 3.63) is 29.8 Å². The largest absolute Gasteiger partial charge is 0.399 e. The maximum Gasteiger partial charge on any atom is 0.0314 e. The van der Waals surface area contributed by atoms with Crippen molar-refractivity contribution in [3.63, 3.8) is 0 Å². The molecule has 0 aromatic heterocycles. The average Bonchev–Trinajstić information content (AvgIpc) is 2.58. The third-order valence-electron chi connectivity index (χ3n) is 4.51. The molecule has 0 bridgehead atoms. The van der Waals surface area contributed by atoms with Crippen LogP contribution in [0.4, 0.5) is 5.69 Å². The molecule has 0 amide bonds.